The summed E-state index contributed by atoms with van der Waals surface area (Å²) < 4.78 is 5.10. The molecule has 0 aliphatic heterocycles. The minimum absolute atomic E-state index is 0.119. The molecule has 1 aromatic carbocycles. The molecule has 8 heteroatoms. The molecule has 2 rings (SSSR count). The monoisotopic (exact) mass is 398 g/mol. The van der Waals surface area contributed by atoms with Crippen molar-refractivity contribution in [2.24, 2.45) is 0 Å². The molecule has 0 saturated carbocycles. The topological polar surface area (TPSA) is 95.3 Å². The minimum atomic E-state index is -1.13. The second-order valence-electron chi connectivity index (χ2n) is 6.03. The first-order chi connectivity index (χ1) is 13.3. The van der Waals surface area contributed by atoms with Gasteiger partial charge in [-0.1, -0.05) is 23.7 Å². The van der Waals surface area contributed by atoms with Gasteiger partial charge in [0.05, 0.1) is 5.69 Å². The molecule has 7 nitrogen and oxygen atoms in total. The number of aromatic nitrogens is 1. The molecule has 0 bridgehead atoms. The summed E-state index contributed by atoms with van der Waals surface area (Å²) in [5, 5.41) is 11.9. The number of nitrogens with zero attached hydrogens (tertiary/aromatic N) is 3. The maximum atomic E-state index is 12.2. The van der Waals surface area contributed by atoms with Gasteiger partial charge >= 0.3 is 5.97 Å². The van der Waals surface area contributed by atoms with Crippen LogP contribution in [0.2, 0.25) is 5.15 Å². The van der Waals surface area contributed by atoms with Crippen molar-refractivity contribution in [3.63, 3.8) is 0 Å². The Balaban J connectivity index is 2.05. The van der Waals surface area contributed by atoms with Crippen molar-refractivity contribution in [3.8, 4) is 6.07 Å². The van der Waals surface area contributed by atoms with Gasteiger partial charge in [-0.3, -0.25) is 4.79 Å². The average Bonchev–Trinajstić information content (AvgIpc) is 2.67. The summed E-state index contributed by atoms with van der Waals surface area (Å²) in [7, 11) is 3.82. The van der Waals surface area contributed by atoms with Crippen LogP contribution in [0.15, 0.2) is 48.2 Å². The van der Waals surface area contributed by atoms with Gasteiger partial charge in [-0.05, 0) is 42.8 Å². The number of hydrogen-bond donors (Lipinski definition) is 1. The fourth-order valence-electron chi connectivity index (χ4n) is 2.16. The van der Waals surface area contributed by atoms with Crippen molar-refractivity contribution < 1.29 is 14.3 Å². The van der Waals surface area contributed by atoms with E-state index in [2.05, 4.69) is 10.3 Å². The zero-order chi connectivity index (χ0) is 20.7. The van der Waals surface area contributed by atoms with E-state index in [9.17, 15) is 14.9 Å². The number of nitrogens with one attached hydrogen (secondary N) is 1. The Morgan fingerprint density at radius 1 is 1.29 bits per heavy atom. The van der Waals surface area contributed by atoms with E-state index in [-0.39, 0.29) is 10.7 Å². The molecule has 1 aromatic heterocycles. The molecule has 1 N–H and O–H groups in total. The number of carbonyl (C=O) groups excluding carboxylic acids is 2. The van der Waals surface area contributed by atoms with Crippen LogP contribution in [0, 0.1) is 11.3 Å². The van der Waals surface area contributed by atoms with E-state index in [1.54, 1.807) is 30.3 Å². The summed E-state index contributed by atoms with van der Waals surface area (Å²) in [6.45, 7) is 1.40. The first-order valence-electron chi connectivity index (χ1n) is 8.33. The molecule has 0 fully saturated rings. The lowest BCUT2D eigenvalue weighted by atomic mass is 10.1. The van der Waals surface area contributed by atoms with Crippen molar-refractivity contribution in [3.05, 3.63) is 58.9 Å². The summed E-state index contributed by atoms with van der Waals surface area (Å²) in [5.74, 6) is -1.48. The molecule has 0 unspecified atom stereocenters. The highest BCUT2D eigenvalue weighted by atomic mass is 35.5. The largest absolute Gasteiger partial charge is 0.448 e. The fourth-order valence-corrected chi connectivity index (χ4v) is 2.33. The Morgan fingerprint density at radius 2 is 1.96 bits per heavy atom. The van der Waals surface area contributed by atoms with Gasteiger partial charge in [0.1, 0.15) is 11.6 Å². The number of nitriles is 1. The number of hydrogen-bond acceptors (Lipinski definition) is 6. The molecule has 1 amide bonds. The third-order valence-electron chi connectivity index (χ3n) is 3.73. The molecule has 1 heterocycles. The summed E-state index contributed by atoms with van der Waals surface area (Å²) in [6, 6.07) is 12.3. The Labute approximate surface area is 168 Å². The summed E-state index contributed by atoms with van der Waals surface area (Å²) in [5.41, 5.74) is 1.74. The van der Waals surface area contributed by atoms with Crippen LogP contribution in [0.5, 0.6) is 0 Å². The fraction of sp³-hybridized carbons (Fsp3) is 0.200. The maximum absolute atomic E-state index is 12.2. The molecule has 144 valence electrons. The van der Waals surface area contributed by atoms with E-state index in [4.69, 9.17) is 16.3 Å². The molecular formula is C20H19ClN4O3. The lowest BCUT2D eigenvalue weighted by Gasteiger charge is -2.14. The number of ether oxygens (including phenoxy) is 1. The van der Waals surface area contributed by atoms with Crippen molar-refractivity contribution in [2.45, 2.75) is 13.0 Å². The average molecular weight is 399 g/mol. The predicted molar refractivity (Wildman–Crippen MR) is 108 cm³/mol. The van der Waals surface area contributed by atoms with Crippen molar-refractivity contribution in [1.82, 2.24) is 4.98 Å². The molecule has 1 atom stereocenters. The standard InChI is InChI=1S/C20H19ClN4O3/c1-13(19(26)24-17-5-4-10-23-18(17)21)28-20(27)15(12-22)11-14-6-8-16(9-7-14)25(2)3/h4-11,13H,1-3H3,(H,24,26)/b15-11+/t13-/m0/s1. The molecule has 0 aliphatic rings. The van der Waals surface area contributed by atoms with E-state index in [1.807, 2.05) is 31.1 Å². The van der Waals surface area contributed by atoms with Gasteiger partial charge in [0.15, 0.2) is 11.3 Å². The van der Waals surface area contributed by atoms with Crippen molar-refractivity contribution in [1.29, 1.82) is 5.26 Å². The van der Waals surface area contributed by atoms with E-state index < -0.39 is 18.0 Å². The number of anilines is 2. The van der Waals surface area contributed by atoms with Crippen molar-refractivity contribution >= 4 is 40.9 Å². The van der Waals surface area contributed by atoms with E-state index in [0.29, 0.717) is 11.3 Å². The van der Waals surface area contributed by atoms with E-state index >= 15 is 0 Å². The Morgan fingerprint density at radius 3 is 2.54 bits per heavy atom. The molecule has 0 spiro atoms. The van der Waals surface area contributed by atoms with Gasteiger partial charge in [0.2, 0.25) is 0 Å². The highest BCUT2D eigenvalue weighted by molar-refractivity contribution is 6.32. The SMILES string of the molecule is C[C@H](OC(=O)/C(C#N)=C/c1ccc(N(C)C)cc1)C(=O)Nc1cccnc1Cl. The molecule has 0 saturated heterocycles. The zero-order valence-electron chi connectivity index (χ0n) is 15.6. The van der Waals surface area contributed by atoms with E-state index in [1.165, 1.54) is 19.2 Å². The molecular weight excluding hydrogens is 380 g/mol. The molecule has 2 aromatic rings. The number of benzene rings is 1. The molecule has 0 radical (unpaired) electrons. The van der Waals surface area contributed by atoms with Gasteiger partial charge < -0.3 is 15.0 Å². The first kappa shape index (κ1) is 20.9. The highest BCUT2D eigenvalue weighted by Crippen LogP contribution is 2.18. The van der Waals surface area contributed by atoms with Crippen LogP contribution < -0.4 is 10.2 Å². The maximum Gasteiger partial charge on any atom is 0.349 e. The second kappa shape index (κ2) is 9.53. The Bertz CT molecular complexity index is 933. The number of carbonyl (C=O) groups is 2. The number of pyridine rings is 1. The van der Waals surface area contributed by atoms with Crippen LogP contribution >= 0.6 is 11.6 Å². The zero-order valence-corrected chi connectivity index (χ0v) is 16.4. The summed E-state index contributed by atoms with van der Waals surface area (Å²) in [4.78, 5) is 30.2. The third-order valence-corrected chi connectivity index (χ3v) is 4.03. The minimum Gasteiger partial charge on any atom is -0.448 e. The lowest BCUT2D eigenvalue weighted by molar-refractivity contribution is -0.148. The number of rotatable bonds is 6. The van der Waals surface area contributed by atoms with Crippen LogP contribution in [0.25, 0.3) is 6.08 Å². The van der Waals surface area contributed by atoms with Gasteiger partial charge in [-0.2, -0.15) is 5.26 Å². The predicted octanol–water partition coefficient (Wildman–Crippen LogP) is 3.28. The lowest BCUT2D eigenvalue weighted by Crippen LogP contribution is -2.30. The number of esters is 1. The molecule has 28 heavy (non-hydrogen) atoms. The van der Waals surface area contributed by atoms with Gasteiger partial charge in [-0.15, -0.1) is 0 Å². The van der Waals surface area contributed by atoms with Gasteiger partial charge in [0, 0.05) is 26.0 Å². The highest BCUT2D eigenvalue weighted by Gasteiger charge is 2.21. The first-order valence-corrected chi connectivity index (χ1v) is 8.71. The Kier molecular flexibility index (Phi) is 7.13. The van der Waals surface area contributed by atoms with Crippen LogP contribution in [-0.4, -0.2) is 37.1 Å². The quantitative estimate of drug-likeness (QED) is 0.347. The second-order valence-corrected chi connectivity index (χ2v) is 6.39. The third kappa shape index (κ3) is 5.56. The number of halogens is 1. The van der Waals surface area contributed by atoms with E-state index in [0.717, 1.165) is 5.69 Å². The van der Waals surface area contributed by atoms with Gasteiger partial charge in [-0.25, -0.2) is 9.78 Å². The van der Waals surface area contributed by atoms with Crippen LogP contribution in [0.4, 0.5) is 11.4 Å². The molecule has 0 aliphatic carbocycles. The normalized spacial score (nSPS) is 11.9. The summed E-state index contributed by atoms with van der Waals surface area (Å²) in [6.07, 6.45) is 1.76. The Hall–Kier alpha value is -3.37. The van der Waals surface area contributed by atoms with Crippen LogP contribution in [0.1, 0.15) is 12.5 Å². The van der Waals surface area contributed by atoms with Crippen molar-refractivity contribution in [2.75, 3.05) is 24.3 Å². The van der Waals surface area contributed by atoms with Crippen LogP contribution in [0.3, 0.4) is 0 Å². The smallest absolute Gasteiger partial charge is 0.349 e. The number of amides is 1. The van der Waals surface area contributed by atoms with Gasteiger partial charge in [0.25, 0.3) is 5.91 Å². The summed E-state index contributed by atoms with van der Waals surface area (Å²) >= 11 is 5.88. The van der Waals surface area contributed by atoms with Crippen LogP contribution in [-0.2, 0) is 14.3 Å².